The van der Waals surface area contributed by atoms with Gasteiger partial charge in [-0.2, -0.15) is 0 Å². The highest BCUT2D eigenvalue weighted by Gasteiger charge is 2.11. The van der Waals surface area contributed by atoms with Crippen LogP contribution in [0.25, 0.3) is 0 Å². The van der Waals surface area contributed by atoms with Gasteiger partial charge in [0.1, 0.15) is 11.6 Å². The lowest BCUT2D eigenvalue weighted by molar-refractivity contribution is 0.401. The van der Waals surface area contributed by atoms with Gasteiger partial charge in [0, 0.05) is 11.6 Å². The Morgan fingerprint density at radius 1 is 1.47 bits per heavy atom. The Kier molecular flexibility index (Phi) is 6.29. The summed E-state index contributed by atoms with van der Waals surface area (Å²) in [6.45, 7) is 1.98. The lowest BCUT2D eigenvalue weighted by Crippen LogP contribution is -2.22. The maximum Gasteiger partial charge on any atom is 0.130 e. The van der Waals surface area contributed by atoms with Crippen LogP contribution in [0, 0.1) is 5.82 Å². The molecule has 0 spiro atoms. The van der Waals surface area contributed by atoms with Gasteiger partial charge < -0.3 is 10.5 Å². The van der Waals surface area contributed by atoms with Gasteiger partial charge in [0.2, 0.25) is 0 Å². The molecule has 0 bridgehead atoms. The van der Waals surface area contributed by atoms with Crippen molar-refractivity contribution < 1.29 is 9.13 Å². The molecule has 0 amide bonds. The van der Waals surface area contributed by atoms with Gasteiger partial charge in [-0.25, -0.2) is 4.39 Å². The molecule has 0 fully saturated rings. The molecule has 1 atom stereocenters. The highest BCUT2D eigenvalue weighted by atomic mass is 35.5. The van der Waals surface area contributed by atoms with Crippen LogP contribution in [-0.2, 0) is 6.42 Å². The van der Waals surface area contributed by atoms with Gasteiger partial charge in [-0.3, -0.25) is 0 Å². The zero-order chi connectivity index (χ0) is 10.6. The second kappa shape index (κ2) is 6.64. The van der Waals surface area contributed by atoms with Gasteiger partial charge in [0.05, 0.1) is 7.11 Å². The summed E-state index contributed by atoms with van der Waals surface area (Å²) in [5.41, 5.74) is 6.35. The number of rotatable bonds is 4. The van der Waals surface area contributed by atoms with E-state index in [1.807, 2.05) is 6.92 Å². The van der Waals surface area contributed by atoms with E-state index in [0.29, 0.717) is 17.7 Å². The first-order chi connectivity index (χ1) is 6.69. The summed E-state index contributed by atoms with van der Waals surface area (Å²) in [5.74, 6) is 0.335. The van der Waals surface area contributed by atoms with Crippen molar-refractivity contribution in [2.24, 2.45) is 5.73 Å². The van der Waals surface area contributed by atoms with Gasteiger partial charge in [-0.1, -0.05) is 13.0 Å². The predicted octanol–water partition coefficient (Wildman–Crippen LogP) is 2.54. The molecule has 1 rings (SSSR count). The lowest BCUT2D eigenvalue weighted by Gasteiger charge is -2.13. The Hall–Kier alpha value is -0.800. The summed E-state index contributed by atoms with van der Waals surface area (Å²) in [4.78, 5) is 0. The summed E-state index contributed by atoms with van der Waals surface area (Å²) >= 11 is 0. The van der Waals surface area contributed by atoms with E-state index in [1.165, 1.54) is 13.2 Å². The quantitative estimate of drug-likeness (QED) is 0.868. The van der Waals surface area contributed by atoms with Crippen molar-refractivity contribution in [3.05, 3.63) is 29.6 Å². The molecule has 0 saturated heterocycles. The second-order valence-electron chi connectivity index (χ2n) is 3.29. The smallest absolute Gasteiger partial charge is 0.130 e. The molecule has 0 saturated carbocycles. The average molecular weight is 234 g/mol. The summed E-state index contributed by atoms with van der Waals surface area (Å²) in [7, 11) is 1.54. The number of methoxy groups -OCH3 is 1. The molecule has 0 aliphatic heterocycles. The molecule has 0 heterocycles. The lowest BCUT2D eigenvalue weighted by atomic mass is 10.0. The summed E-state index contributed by atoms with van der Waals surface area (Å²) < 4.78 is 18.5. The van der Waals surface area contributed by atoms with Gasteiger partial charge >= 0.3 is 0 Å². The zero-order valence-corrected chi connectivity index (χ0v) is 9.81. The number of nitrogens with two attached hydrogens (primary N) is 1. The Morgan fingerprint density at radius 3 is 2.67 bits per heavy atom. The van der Waals surface area contributed by atoms with Crippen LogP contribution < -0.4 is 10.5 Å². The fraction of sp³-hybridized carbons (Fsp3) is 0.455. The van der Waals surface area contributed by atoms with Crippen LogP contribution in [-0.4, -0.2) is 13.2 Å². The van der Waals surface area contributed by atoms with Gasteiger partial charge in [0.25, 0.3) is 0 Å². The molecule has 0 aliphatic carbocycles. The molecule has 4 heteroatoms. The number of halogens is 2. The van der Waals surface area contributed by atoms with E-state index in [2.05, 4.69) is 0 Å². The molecule has 1 unspecified atom stereocenters. The van der Waals surface area contributed by atoms with Crippen LogP contribution in [0.15, 0.2) is 18.2 Å². The van der Waals surface area contributed by atoms with E-state index in [-0.39, 0.29) is 24.3 Å². The maximum absolute atomic E-state index is 13.4. The molecular weight excluding hydrogens is 217 g/mol. The SMILES string of the molecule is CCC(N)Cc1c(F)cccc1OC.Cl. The van der Waals surface area contributed by atoms with Crippen LogP contribution in [0.4, 0.5) is 4.39 Å². The fourth-order valence-electron chi connectivity index (χ4n) is 1.33. The Labute approximate surface area is 96.0 Å². The molecule has 0 aromatic heterocycles. The Morgan fingerprint density at radius 2 is 2.13 bits per heavy atom. The first-order valence-electron chi connectivity index (χ1n) is 4.76. The van der Waals surface area contributed by atoms with Crippen molar-refractivity contribution >= 4 is 12.4 Å². The van der Waals surface area contributed by atoms with Gasteiger partial charge in [-0.05, 0) is 25.0 Å². The molecule has 86 valence electrons. The maximum atomic E-state index is 13.4. The summed E-state index contributed by atoms with van der Waals surface area (Å²) in [5, 5.41) is 0. The molecule has 2 nitrogen and oxygen atoms in total. The number of benzene rings is 1. The highest BCUT2D eigenvalue weighted by Crippen LogP contribution is 2.22. The van der Waals surface area contributed by atoms with Crippen molar-refractivity contribution in [3.8, 4) is 5.75 Å². The first-order valence-corrected chi connectivity index (χ1v) is 4.76. The Balaban J connectivity index is 0.00000196. The molecule has 15 heavy (non-hydrogen) atoms. The fourth-order valence-corrected chi connectivity index (χ4v) is 1.33. The van der Waals surface area contributed by atoms with Crippen molar-refractivity contribution in [1.29, 1.82) is 0 Å². The van der Waals surface area contributed by atoms with Crippen LogP contribution in [0.3, 0.4) is 0 Å². The minimum absolute atomic E-state index is 0. The van der Waals surface area contributed by atoms with Crippen LogP contribution in [0.5, 0.6) is 5.75 Å². The van der Waals surface area contributed by atoms with Crippen molar-refractivity contribution in [2.45, 2.75) is 25.8 Å². The standard InChI is InChI=1S/C11H16FNO.ClH/c1-3-8(13)7-9-10(12)5-4-6-11(9)14-2;/h4-6,8H,3,7,13H2,1-2H3;1H. The average Bonchev–Trinajstić information content (AvgIpc) is 2.20. The molecular formula is C11H17ClFNO. The summed E-state index contributed by atoms with van der Waals surface area (Å²) in [6, 6.07) is 4.80. The molecule has 0 radical (unpaired) electrons. The van der Waals surface area contributed by atoms with E-state index in [1.54, 1.807) is 12.1 Å². The largest absolute Gasteiger partial charge is 0.496 e. The van der Waals surface area contributed by atoms with Gasteiger partial charge in [0.15, 0.2) is 0 Å². The van der Waals surface area contributed by atoms with E-state index in [0.717, 1.165) is 6.42 Å². The van der Waals surface area contributed by atoms with Crippen molar-refractivity contribution in [1.82, 2.24) is 0 Å². The van der Waals surface area contributed by atoms with Gasteiger partial charge in [-0.15, -0.1) is 12.4 Å². The second-order valence-corrected chi connectivity index (χ2v) is 3.29. The Bertz CT molecular complexity index is 307. The number of ether oxygens (including phenoxy) is 1. The van der Waals surface area contributed by atoms with E-state index >= 15 is 0 Å². The van der Waals surface area contributed by atoms with Crippen molar-refractivity contribution in [3.63, 3.8) is 0 Å². The third kappa shape index (κ3) is 3.68. The third-order valence-corrected chi connectivity index (χ3v) is 2.29. The zero-order valence-electron chi connectivity index (χ0n) is 9.00. The third-order valence-electron chi connectivity index (χ3n) is 2.29. The van der Waals surface area contributed by atoms with Crippen molar-refractivity contribution in [2.75, 3.05) is 7.11 Å². The van der Waals surface area contributed by atoms with E-state index in [9.17, 15) is 4.39 Å². The van der Waals surface area contributed by atoms with E-state index in [4.69, 9.17) is 10.5 Å². The number of hydrogen-bond donors (Lipinski definition) is 1. The number of hydrogen-bond acceptors (Lipinski definition) is 2. The van der Waals surface area contributed by atoms with E-state index < -0.39 is 0 Å². The molecule has 2 N–H and O–H groups in total. The highest BCUT2D eigenvalue weighted by molar-refractivity contribution is 5.85. The van der Waals surface area contributed by atoms with Crippen LogP contribution in [0.2, 0.25) is 0 Å². The monoisotopic (exact) mass is 233 g/mol. The van der Waals surface area contributed by atoms with Crippen LogP contribution in [0.1, 0.15) is 18.9 Å². The topological polar surface area (TPSA) is 35.2 Å². The predicted molar refractivity (Wildman–Crippen MR) is 62.2 cm³/mol. The molecule has 0 aliphatic rings. The molecule has 1 aromatic carbocycles. The first kappa shape index (κ1) is 14.2. The normalized spacial score (nSPS) is 11.7. The van der Waals surface area contributed by atoms with Crippen LogP contribution >= 0.6 is 12.4 Å². The minimum atomic E-state index is -0.242. The minimum Gasteiger partial charge on any atom is -0.496 e. The summed E-state index contributed by atoms with van der Waals surface area (Å²) in [6.07, 6.45) is 1.35. The molecule has 1 aromatic rings.